The summed E-state index contributed by atoms with van der Waals surface area (Å²) in [6.07, 6.45) is 0.961. The van der Waals surface area contributed by atoms with Crippen LogP contribution < -0.4 is 10.6 Å². The van der Waals surface area contributed by atoms with Gasteiger partial charge in [-0.25, -0.2) is 0 Å². The van der Waals surface area contributed by atoms with Crippen LogP contribution in [-0.2, 0) is 13.0 Å². The van der Waals surface area contributed by atoms with Gasteiger partial charge in [-0.15, -0.1) is 0 Å². The summed E-state index contributed by atoms with van der Waals surface area (Å²) in [6, 6.07) is 13.7. The molecule has 0 saturated carbocycles. The Labute approximate surface area is 123 Å². The van der Waals surface area contributed by atoms with Crippen LogP contribution in [0.15, 0.2) is 36.4 Å². The molecular formula is C16H14ClN3. The number of hydrogen-bond donors (Lipinski definition) is 1. The summed E-state index contributed by atoms with van der Waals surface area (Å²) in [6.45, 7) is 1.67. The van der Waals surface area contributed by atoms with Crippen LogP contribution in [0.5, 0.6) is 0 Å². The van der Waals surface area contributed by atoms with Crippen molar-refractivity contribution in [2.24, 2.45) is 0 Å². The first-order valence-electron chi connectivity index (χ1n) is 6.49. The number of fused-ring (bicyclic) bond motifs is 1. The second-order valence-electron chi connectivity index (χ2n) is 4.97. The zero-order valence-electron chi connectivity index (χ0n) is 10.9. The van der Waals surface area contributed by atoms with Crippen LogP contribution in [0.4, 0.5) is 11.4 Å². The third-order valence-electron chi connectivity index (χ3n) is 3.66. The summed E-state index contributed by atoms with van der Waals surface area (Å²) in [5.74, 6) is 0. The van der Waals surface area contributed by atoms with Gasteiger partial charge in [0.2, 0.25) is 0 Å². The molecular weight excluding hydrogens is 270 g/mol. The van der Waals surface area contributed by atoms with Gasteiger partial charge in [0.15, 0.2) is 0 Å². The second kappa shape index (κ2) is 5.07. The van der Waals surface area contributed by atoms with E-state index < -0.39 is 0 Å². The van der Waals surface area contributed by atoms with Gasteiger partial charge in [0.05, 0.1) is 11.3 Å². The Hall–Kier alpha value is -2.18. The maximum absolute atomic E-state index is 9.26. The summed E-state index contributed by atoms with van der Waals surface area (Å²) in [4.78, 5) is 2.21. The first-order valence-corrected chi connectivity index (χ1v) is 6.87. The van der Waals surface area contributed by atoms with Crippen molar-refractivity contribution in [3.63, 3.8) is 0 Å². The van der Waals surface area contributed by atoms with Crippen molar-refractivity contribution in [1.82, 2.24) is 0 Å². The monoisotopic (exact) mass is 283 g/mol. The number of nitriles is 1. The van der Waals surface area contributed by atoms with Crippen LogP contribution in [0.2, 0.25) is 5.02 Å². The Morgan fingerprint density at radius 2 is 2.00 bits per heavy atom. The Morgan fingerprint density at radius 1 is 1.15 bits per heavy atom. The lowest BCUT2D eigenvalue weighted by Crippen LogP contribution is -2.30. The van der Waals surface area contributed by atoms with Crippen LogP contribution in [-0.4, -0.2) is 6.54 Å². The van der Waals surface area contributed by atoms with Gasteiger partial charge in [-0.1, -0.05) is 17.7 Å². The fourth-order valence-electron chi connectivity index (χ4n) is 2.66. The average Bonchev–Trinajstić information content (AvgIpc) is 2.46. The molecule has 0 fully saturated rings. The number of hydrogen-bond acceptors (Lipinski definition) is 3. The molecule has 1 aliphatic heterocycles. The Balaban J connectivity index is 1.96. The molecule has 2 aromatic rings. The lowest BCUT2D eigenvalue weighted by atomic mass is 9.98. The smallest absolute Gasteiger partial charge is 0.101 e. The number of benzene rings is 2. The fraction of sp³-hybridized carbons (Fsp3) is 0.188. The van der Waals surface area contributed by atoms with Crippen LogP contribution in [0.3, 0.4) is 0 Å². The molecule has 0 saturated heterocycles. The molecule has 3 nitrogen and oxygen atoms in total. The van der Waals surface area contributed by atoms with Crippen LogP contribution >= 0.6 is 11.6 Å². The maximum Gasteiger partial charge on any atom is 0.101 e. The van der Waals surface area contributed by atoms with Crippen molar-refractivity contribution in [2.75, 3.05) is 17.2 Å². The van der Waals surface area contributed by atoms with Gasteiger partial charge in [-0.2, -0.15) is 5.26 Å². The van der Waals surface area contributed by atoms with Gasteiger partial charge in [-0.05, 0) is 47.9 Å². The molecule has 0 spiro atoms. The van der Waals surface area contributed by atoms with Gasteiger partial charge in [-0.3, -0.25) is 0 Å². The lowest BCUT2D eigenvalue weighted by molar-refractivity contribution is 0.731. The quantitative estimate of drug-likeness (QED) is 0.817. The highest BCUT2D eigenvalue weighted by molar-refractivity contribution is 6.30. The number of anilines is 2. The number of rotatable bonds is 1. The molecule has 0 aromatic heterocycles. The second-order valence-corrected chi connectivity index (χ2v) is 5.41. The number of nitrogens with two attached hydrogens (primary N) is 1. The van der Waals surface area contributed by atoms with Crippen LogP contribution in [0, 0.1) is 11.3 Å². The molecule has 4 heteroatoms. The highest BCUT2D eigenvalue weighted by Crippen LogP contribution is 2.29. The molecule has 0 radical (unpaired) electrons. The summed E-state index contributed by atoms with van der Waals surface area (Å²) in [5, 5.41) is 9.85. The summed E-state index contributed by atoms with van der Waals surface area (Å²) < 4.78 is 0. The van der Waals surface area contributed by atoms with Gasteiger partial charge >= 0.3 is 0 Å². The van der Waals surface area contributed by atoms with Gasteiger partial charge < -0.3 is 10.6 Å². The lowest BCUT2D eigenvalue weighted by Gasteiger charge is -2.31. The zero-order valence-corrected chi connectivity index (χ0v) is 11.7. The van der Waals surface area contributed by atoms with E-state index in [0.29, 0.717) is 10.6 Å². The largest absolute Gasteiger partial charge is 0.399 e. The topological polar surface area (TPSA) is 53.0 Å². The predicted molar refractivity (Wildman–Crippen MR) is 81.8 cm³/mol. The summed E-state index contributed by atoms with van der Waals surface area (Å²) in [5.41, 5.74) is 10.8. The van der Waals surface area contributed by atoms with Crippen molar-refractivity contribution in [3.05, 3.63) is 58.1 Å². The average molecular weight is 284 g/mol. The molecule has 1 aliphatic rings. The summed E-state index contributed by atoms with van der Waals surface area (Å²) >= 11 is 5.95. The van der Waals surface area contributed by atoms with E-state index in [0.717, 1.165) is 30.9 Å². The Morgan fingerprint density at radius 3 is 2.80 bits per heavy atom. The van der Waals surface area contributed by atoms with E-state index in [1.807, 2.05) is 24.3 Å². The predicted octanol–water partition coefficient (Wildman–Crippen LogP) is 3.36. The molecule has 2 N–H and O–H groups in total. The van der Waals surface area contributed by atoms with E-state index in [-0.39, 0.29) is 0 Å². The SMILES string of the molecule is N#Cc1cc(Cl)ccc1N1CCc2ccc(N)cc2C1. The molecule has 0 bridgehead atoms. The normalized spacial score (nSPS) is 13.7. The molecule has 20 heavy (non-hydrogen) atoms. The molecule has 100 valence electrons. The Bertz CT molecular complexity index is 703. The Kier molecular flexibility index (Phi) is 3.25. The van der Waals surface area contributed by atoms with Gasteiger partial charge in [0.25, 0.3) is 0 Å². The first-order chi connectivity index (χ1) is 9.67. The molecule has 0 unspecified atom stereocenters. The third kappa shape index (κ3) is 2.31. The van der Waals surface area contributed by atoms with E-state index in [4.69, 9.17) is 17.3 Å². The molecule has 0 aliphatic carbocycles. The standard InChI is InChI=1S/C16H14ClN3/c17-14-2-4-16(12(7-14)9-18)20-6-5-11-1-3-15(19)8-13(11)10-20/h1-4,7-8H,5-6,10,19H2. The number of nitrogen functional groups attached to an aromatic ring is 1. The molecule has 0 atom stereocenters. The third-order valence-corrected chi connectivity index (χ3v) is 3.90. The van der Waals surface area contributed by atoms with Gasteiger partial charge in [0.1, 0.15) is 6.07 Å². The van der Waals surface area contributed by atoms with Crippen molar-refractivity contribution in [1.29, 1.82) is 5.26 Å². The van der Waals surface area contributed by atoms with E-state index in [1.165, 1.54) is 11.1 Å². The molecule has 2 aromatic carbocycles. The highest BCUT2D eigenvalue weighted by Gasteiger charge is 2.19. The highest BCUT2D eigenvalue weighted by atomic mass is 35.5. The summed E-state index contributed by atoms with van der Waals surface area (Å²) in [7, 11) is 0. The van der Waals surface area contributed by atoms with Crippen molar-refractivity contribution in [3.8, 4) is 6.07 Å². The zero-order chi connectivity index (χ0) is 14.1. The minimum Gasteiger partial charge on any atom is -0.399 e. The van der Waals surface area contributed by atoms with Crippen molar-refractivity contribution < 1.29 is 0 Å². The first kappa shape index (κ1) is 12.8. The molecule has 0 amide bonds. The van der Waals surface area contributed by atoms with Crippen LogP contribution in [0.1, 0.15) is 16.7 Å². The van der Waals surface area contributed by atoms with Gasteiger partial charge in [0, 0.05) is 23.8 Å². The van der Waals surface area contributed by atoms with Crippen molar-refractivity contribution in [2.45, 2.75) is 13.0 Å². The van der Waals surface area contributed by atoms with Crippen LogP contribution in [0.25, 0.3) is 0 Å². The van der Waals surface area contributed by atoms with E-state index in [9.17, 15) is 5.26 Å². The van der Waals surface area contributed by atoms with E-state index >= 15 is 0 Å². The minimum atomic E-state index is 0.590. The number of nitrogens with zero attached hydrogens (tertiary/aromatic N) is 2. The molecule has 3 rings (SSSR count). The van der Waals surface area contributed by atoms with Crippen molar-refractivity contribution >= 4 is 23.0 Å². The fourth-order valence-corrected chi connectivity index (χ4v) is 2.83. The van der Waals surface area contributed by atoms with E-state index in [2.05, 4.69) is 17.0 Å². The maximum atomic E-state index is 9.26. The minimum absolute atomic E-state index is 0.590. The molecule has 1 heterocycles. The number of halogens is 1. The van der Waals surface area contributed by atoms with E-state index in [1.54, 1.807) is 6.07 Å².